The summed E-state index contributed by atoms with van der Waals surface area (Å²) in [5, 5.41) is 4.31. The molecule has 0 amide bonds. The summed E-state index contributed by atoms with van der Waals surface area (Å²) in [6.45, 7) is 4.21. The third-order valence-corrected chi connectivity index (χ3v) is 3.67. The summed E-state index contributed by atoms with van der Waals surface area (Å²) in [5.41, 5.74) is 12.0. The van der Waals surface area contributed by atoms with Gasteiger partial charge in [0.1, 0.15) is 0 Å². The van der Waals surface area contributed by atoms with Crippen LogP contribution in [0.5, 0.6) is 0 Å². The van der Waals surface area contributed by atoms with Gasteiger partial charge in [-0.25, -0.2) is 4.52 Å². The quantitative estimate of drug-likeness (QED) is 0.762. The molecule has 1 atom stereocenters. The molecule has 1 unspecified atom stereocenters. The van der Waals surface area contributed by atoms with Crippen LogP contribution in [0.15, 0.2) is 43.0 Å². The van der Waals surface area contributed by atoms with Crippen LogP contribution in [-0.4, -0.2) is 14.6 Å². The first-order valence-electron chi connectivity index (χ1n) is 6.27. The van der Waals surface area contributed by atoms with Gasteiger partial charge < -0.3 is 5.73 Å². The third kappa shape index (κ3) is 1.90. The second-order valence-electron chi connectivity index (χ2n) is 4.77. The summed E-state index contributed by atoms with van der Waals surface area (Å²) >= 11 is 0. The molecule has 4 heteroatoms. The number of aromatic nitrogens is 3. The fraction of sp³-hybridized carbons (Fsp3) is 0.200. The first kappa shape index (κ1) is 11.9. The van der Waals surface area contributed by atoms with Crippen molar-refractivity contribution >= 4 is 5.52 Å². The van der Waals surface area contributed by atoms with Crippen LogP contribution in [0.1, 0.15) is 28.3 Å². The van der Waals surface area contributed by atoms with Crippen molar-refractivity contribution in [3.8, 4) is 0 Å². The molecule has 96 valence electrons. The molecule has 3 aromatic rings. The highest BCUT2D eigenvalue weighted by molar-refractivity contribution is 5.56. The highest BCUT2D eigenvalue weighted by atomic mass is 15.2. The number of nitrogens with zero attached hydrogens (tertiary/aromatic N) is 3. The maximum Gasteiger partial charge on any atom is 0.0896 e. The van der Waals surface area contributed by atoms with Crippen LogP contribution in [-0.2, 0) is 0 Å². The van der Waals surface area contributed by atoms with E-state index in [0.717, 1.165) is 16.6 Å². The molecule has 1 aromatic carbocycles. The first-order chi connectivity index (χ1) is 9.18. The van der Waals surface area contributed by atoms with Gasteiger partial charge >= 0.3 is 0 Å². The van der Waals surface area contributed by atoms with Gasteiger partial charge in [0.05, 0.1) is 24.0 Å². The average Bonchev–Trinajstić information content (AvgIpc) is 2.85. The number of hydrogen-bond donors (Lipinski definition) is 1. The molecule has 0 aliphatic rings. The molecule has 19 heavy (non-hydrogen) atoms. The van der Waals surface area contributed by atoms with Crippen molar-refractivity contribution < 1.29 is 0 Å². The van der Waals surface area contributed by atoms with E-state index < -0.39 is 0 Å². The molecule has 0 fully saturated rings. The van der Waals surface area contributed by atoms with Crippen molar-refractivity contribution in [2.75, 3.05) is 0 Å². The number of nitrogens with two attached hydrogens (primary N) is 1. The molecule has 2 N–H and O–H groups in total. The first-order valence-corrected chi connectivity index (χ1v) is 6.27. The summed E-state index contributed by atoms with van der Waals surface area (Å²) in [6, 6.07) is 6.04. The van der Waals surface area contributed by atoms with Gasteiger partial charge in [-0.2, -0.15) is 5.10 Å². The zero-order valence-corrected chi connectivity index (χ0v) is 11.0. The second-order valence-corrected chi connectivity index (χ2v) is 4.77. The fourth-order valence-corrected chi connectivity index (χ4v) is 2.37. The summed E-state index contributed by atoms with van der Waals surface area (Å²) in [7, 11) is 0. The van der Waals surface area contributed by atoms with Crippen molar-refractivity contribution in [2.24, 2.45) is 5.73 Å². The molecule has 2 heterocycles. The highest BCUT2D eigenvalue weighted by Crippen LogP contribution is 2.26. The smallest absolute Gasteiger partial charge is 0.0896 e. The van der Waals surface area contributed by atoms with Gasteiger partial charge in [0.25, 0.3) is 0 Å². The Morgan fingerprint density at radius 1 is 1.16 bits per heavy atom. The molecule has 3 rings (SSSR count). The molecule has 4 nitrogen and oxygen atoms in total. The Morgan fingerprint density at radius 3 is 2.84 bits per heavy atom. The number of aryl methyl sites for hydroxylation is 1. The van der Waals surface area contributed by atoms with Crippen LogP contribution in [0.25, 0.3) is 5.52 Å². The Kier molecular flexibility index (Phi) is 2.80. The third-order valence-electron chi connectivity index (χ3n) is 3.67. The molecule has 0 bridgehead atoms. The lowest BCUT2D eigenvalue weighted by molar-refractivity contribution is 0.866. The van der Waals surface area contributed by atoms with Gasteiger partial charge in [0, 0.05) is 18.0 Å². The minimum absolute atomic E-state index is 0.179. The molecule has 0 spiro atoms. The summed E-state index contributed by atoms with van der Waals surface area (Å²) < 4.78 is 1.80. The molecule has 0 aliphatic carbocycles. The minimum atomic E-state index is -0.179. The maximum absolute atomic E-state index is 6.42. The molecule has 0 aliphatic heterocycles. The Balaban J connectivity index is 2.13. The largest absolute Gasteiger partial charge is 0.320 e. The Hall–Kier alpha value is -2.20. The van der Waals surface area contributed by atoms with E-state index in [1.54, 1.807) is 16.9 Å². The van der Waals surface area contributed by atoms with Crippen molar-refractivity contribution in [1.29, 1.82) is 0 Å². The van der Waals surface area contributed by atoms with E-state index in [1.165, 1.54) is 11.1 Å². The molecular weight excluding hydrogens is 236 g/mol. The molecule has 0 saturated heterocycles. The minimum Gasteiger partial charge on any atom is -0.320 e. The van der Waals surface area contributed by atoms with Crippen LogP contribution in [0.4, 0.5) is 0 Å². The summed E-state index contributed by atoms with van der Waals surface area (Å²) in [5.74, 6) is 0. The lowest BCUT2D eigenvalue weighted by Crippen LogP contribution is -2.13. The van der Waals surface area contributed by atoms with Crippen molar-refractivity contribution in [2.45, 2.75) is 19.9 Å². The standard InChI is InChI=1S/C15H16N4/c1-10-4-3-5-12(11(10)2)15(16)13-8-18-19-7-6-17-9-14(13)19/h3-9,15H,16H2,1-2H3. The van der Waals surface area contributed by atoms with Crippen LogP contribution in [0, 0.1) is 13.8 Å². The van der Waals surface area contributed by atoms with E-state index >= 15 is 0 Å². The van der Waals surface area contributed by atoms with Crippen molar-refractivity contribution in [3.05, 3.63) is 65.2 Å². The second kappa shape index (κ2) is 4.48. The molecule has 0 radical (unpaired) electrons. The van der Waals surface area contributed by atoms with Gasteiger partial charge in [-0.3, -0.25) is 4.98 Å². The van der Waals surface area contributed by atoms with Crippen molar-refractivity contribution in [1.82, 2.24) is 14.6 Å². The number of hydrogen-bond acceptors (Lipinski definition) is 3. The fourth-order valence-electron chi connectivity index (χ4n) is 2.37. The normalized spacial score (nSPS) is 12.8. The van der Waals surface area contributed by atoms with E-state index in [4.69, 9.17) is 5.73 Å². The van der Waals surface area contributed by atoms with E-state index in [2.05, 4.69) is 36.1 Å². The van der Waals surface area contributed by atoms with Crippen LogP contribution in [0.3, 0.4) is 0 Å². The van der Waals surface area contributed by atoms with Crippen molar-refractivity contribution in [3.63, 3.8) is 0 Å². The predicted octanol–water partition coefficient (Wildman–Crippen LogP) is 2.39. The van der Waals surface area contributed by atoms with Crippen LogP contribution >= 0.6 is 0 Å². The SMILES string of the molecule is Cc1cccc(C(N)c2cnn3ccncc23)c1C. The summed E-state index contributed by atoms with van der Waals surface area (Å²) in [6.07, 6.45) is 7.17. The topological polar surface area (TPSA) is 56.2 Å². The number of rotatable bonds is 2. The highest BCUT2D eigenvalue weighted by Gasteiger charge is 2.16. The van der Waals surface area contributed by atoms with E-state index in [1.807, 2.05) is 18.5 Å². The van der Waals surface area contributed by atoms with Gasteiger partial charge in [-0.15, -0.1) is 0 Å². The molecule has 2 aromatic heterocycles. The van der Waals surface area contributed by atoms with Gasteiger partial charge in [-0.1, -0.05) is 18.2 Å². The van der Waals surface area contributed by atoms with Gasteiger partial charge in [0.15, 0.2) is 0 Å². The number of fused-ring (bicyclic) bond motifs is 1. The number of benzene rings is 1. The van der Waals surface area contributed by atoms with Gasteiger partial charge in [-0.05, 0) is 30.5 Å². The Morgan fingerprint density at radius 2 is 2.00 bits per heavy atom. The van der Waals surface area contributed by atoms with Gasteiger partial charge in [0.2, 0.25) is 0 Å². The van der Waals surface area contributed by atoms with Crippen LogP contribution < -0.4 is 5.73 Å². The van der Waals surface area contributed by atoms with E-state index in [-0.39, 0.29) is 6.04 Å². The van der Waals surface area contributed by atoms with Crippen LogP contribution in [0.2, 0.25) is 0 Å². The predicted molar refractivity (Wildman–Crippen MR) is 74.9 cm³/mol. The lowest BCUT2D eigenvalue weighted by atomic mass is 9.94. The summed E-state index contributed by atoms with van der Waals surface area (Å²) in [4.78, 5) is 4.15. The molecular formula is C15H16N4. The Bertz CT molecular complexity index is 730. The molecule has 0 saturated carbocycles. The lowest BCUT2D eigenvalue weighted by Gasteiger charge is -2.15. The Labute approximate surface area is 111 Å². The monoisotopic (exact) mass is 252 g/mol. The van der Waals surface area contributed by atoms with E-state index in [0.29, 0.717) is 0 Å². The average molecular weight is 252 g/mol. The maximum atomic E-state index is 6.42. The van der Waals surface area contributed by atoms with E-state index in [9.17, 15) is 0 Å². The zero-order chi connectivity index (χ0) is 13.4. The zero-order valence-electron chi connectivity index (χ0n) is 11.0.